The third-order valence-corrected chi connectivity index (χ3v) is 1.98. The van der Waals surface area contributed by atoms with E-state index in [1.165, 1.54) is 25.7 Å². The average Bonchev–Trinajstić information content (AvgIpc) is 1.64. The smallest absolute Gasteiger partial charge is 0.00413 e. The number of rotatable bonds is 0. The molecule has 4 N–H and O–H groups in total. The van der Waals surface area contributed by atoms with Crippen molar-refractivity contribution in [1.29, 1.82) is 0 Å². The van der Waals surface area contributed by atoms with Gasteiger partial charge in [0.15, 0.2) is 0 Å². The first-order valence-electron chi connectivity index (χ1n) is 3.54. The Balaban J connectivity index is 0.000000640. The summed E-state index contributed by atoms with van der Waals surface area (Å²) in [7, 11) is 0. The fourth-order valence-corrected chi connectivity index (χ4v) is 1.48. The highest BCUT2D eigenvalue weighted by atomic mass is 16.0. The standard InChI is InChI=1S/C7H15N.H2O/c1-6-3-2-4-7(8)5-6;/h6-7H,2-5,8H2,1H3;1H2. The molecule has 2 nitrogen and oxygen atoms in total. The minimum absolute atomic E-state index is 0. The lowest BCUT2D eigenvalue weighted by Gasteiger charge is -2.22. The van der Waals surface area contributed by atoms with E-state index in [-0.39, 0.29) is 5.48 Å². The second-order valence-electron chi connectivity index (χ2n) is 3.03. The molecule has 2 unspecified atom stereocenters. The van der Waals surface area contributed by atoms with Gasteiger partial charge in [0.2, 0.25) is 0 Å². The SMILES string of the molecule is CC1CCCC(N)C1.O. The summed E-state index contributed by atoms with van der Waals surface area (Å²) in [5, 5.41) is 0. The first kappa shape index (κ1) is 8.92. The molecule has 1 aliphatic rings. The highest BCUT2D eigenvalue weighted by molar-refractivity contribution is 4.71. The highest BCUT2D eigenvalue weighted by Crippen LogP contribution is 2.21. The Morgan fingerprint density at radius 2 is 2.00 bits per heavy atom. The van der Waals surface area contributed by atoms with Gasteiger partial charge >= 0.3 is 0 Å². The quantitative estimate of drug-likeness (QED) is 0.517. The Bertz CT molecular complexity index is 67.3. The lowest BCUT2D eigenvalue weighted by atomic mass is 9.88. The number of hydrogen-bond acceptors (Lipinski definition) is 1. The van der Waals surface area contributed by atoms with Crippen molar-refractivity contribution >= 4 is 0 Å². The van der Waals surface area contributed by atoms with E-state index < -0.39 is 0 Å². The summed E-state index contributed by atoms with van der Waals surface area (Å²) in [6.45, 7) is 2.29. The molecule has 0 heterocycles. The molecular formula is C7H17NO. The van der Waals surface area contributed by atoms with Crippen LogP contribution in [0.5, 0.6) is 0 Å². The predicted octanol–water partition coefficient (Wildman–Crippen LogP) is 0.699. The molecule has 0 spiro atoms. The third-order valence-electron chi connectivity index (χ3n) is 1.98. The van der Waals surface area contributed by atoms with Gasteiger partial charge in [-0.05, 0) is 18.8 Å². The molecule has 0 aromatic rings. The van der Waals surface area contributed by atoms with Crippen molar-refractivity contribution in [1.82, 2.24) is 0 Å². The molecule has 0 radical (unpaired) electrons. The predicted molar refractivity (Wildman–Crippen MR) is 39.2 cm³/mol. The minimum Gasteiger partial charge on any atom is -0.412 e. The molecule has 0 aromatic heterocycles. The van der Waals surface area contributed by atoms with Gasteiger partial charge in [-0.2, -0.15) is 0 Å². The van der Waals surface area contributed by atoms with E-state index in [1.807, 2.05) is 0 Å². The van der Waals surface area contributed by atoms with E-state index in [0.717, 1.165) is 5.92 Å². The van der Waals surface area contributed by atoms with Crippen LogP contribution in [0.3, 0.4) is 0 Å². The molecule has 56 valence electrons. The van der Waals surface area contributed by atoms with Crippen molar-refractivity contribution in [3.63, 3.8) is 0 Å². The Kier molecular flexibility index (Phi) is 3.82. The van der Waals surface area contributed by atoms with Gasteiger partial charge < -0.3 is 11.2 Å². The molecule has 0 saturated heterocycles. The highest BCUT2D eigenvalue weighted by Gasteiger charge is 2.13. The number of nitrogens with two attached hydrogens (primary N) is 1. The fraction of sp³-hybridized carbons (Fsp3) is 1.00. The molecule has 1 saturated carbocycles. The summed E-state index contributed by atoms with van der Waals surface area (Å²) in [6.07, 6.45) is 5.25. The van der Waals surface area contributed by atoms with Crippen LogP contribution < -0.4 is 5.73 Å². The van der Waals surface area contributed by atoms with Gasteiger partial charge in [-0.25, -0.2) is 0 Å². The van der Waals surface area contributed by atoms with Gasteiger partial charge in [0.25, 0.3) is 0 Å². The summed E-state index contributed by atoms with van der Waals surface area (Å²) in [5.74, 6) is 0.888. The zero-order chi connectivity index (χ0) is 5.98. The molecule has 0 aliphatic heterocycles. The van der Waals surface area contributed by atoms with E-state index >= 15 is 0 Å². The summed E-state index contributed by atoms with van der Waals surface area (Å²) in [4.78, 5) is 0. The van der Waals surface area contributed by atoms with Crippen LogP contribution in [0.15, 0.2) is 0 Å². The maximum atomic E-state index is 5.73. The van der Waals surface area contributed by atoms with Crippen LogP contribution >= 0.6 is 0 Å². The zero-order valence-electron chi connectivity index (χ0n) is 6.06. The van der Waals surface area contributed by atoms with E-state index in [9.17, 15) is 0 Å². The van der Waals surface area contributed by atoms with Gasteiger partial charge in [-0.15, -0.1) is 0 Å². The van der Waals surface area contributed by atoms with Gasteiger partial charge in [0.05, 0.1) is 0 Å². The summed E-state index contributed by atoms with van der Waals surface area (Å²) < 4.78 is 0. The van der Waals surface area contributed by atoms with Crippen molar-refractivity contribution in [3.05, 3.63) is 0 Å². The van der Waals surface area contributed by atoms with Crippen molar-refractivity contribution in [2.45, 2.75) is 38.6 Å². The largest absolute Gasteiger partial charge is 0.412 e. The second kappa shape index (κ2) is 3.85. The van der Waals surface area contributed by atoms with E-state index in [4.69, 9.17) is 5.73 Å². The monoisotopic (exact) mass is 131 g/mol. The van der Waals surface area contributed by atoms with Crippen LogP contribution in [-0.4, -0.2) is 11.5 Å². The van der Waals surface area contributed by atoms with Crippen molar-refractivity contribution in [3.8, 4) is 0 Å². The Morgan fingerprint density at radius 1 is 1.33 bits per heavy atom. The van der Waals surface area contributed by atoms with E-state index in [0.29, 0.717) is 6.04 Å². The molecule has 1 rings (SSSR count). The topological polar surface area (TPSA) is 57.5 Å². The maximum Gasteiger partial charge on any atom is 0.00413 e. The number of hydrogen-bond donors (Lipinski definition) is 1. The van der Waals surface area contributed by atoms with Gasteiger partial charge in [0.1, 0.15) is 0 Å². The first-order valence-corrected chi connectivity index (χ1v) is 3.54. The maximum absolute atomic E-state index is 5.73. The Morgan fingerprint density at radius 3 is 2.33 bits per heavy atom. The van der Waals surface area contributed by atoms with Gasteiger partial charge in [0, 0.05) is 6.04 Å². The van der Waals surface area contributed by atoms with Gasteiger partial charge in [-0.3, -0.25) is 0 Å². The molecule has 9 heavy (non-hydrogen) atoms. The summed E-state index contributed by atoms with van der Waals surface area (Å²) >= 11 is 0. The zero-order valence-corrected chi connectivity index (χ0v) is 6.06. The molecular weight excluding hydrogens is 114 g/mol. The first-order chi connectivity index (χ1) is 3.79. The average molecular weight is 131 g/mol. The molecule has 2 atom stereocenters. The lowest BCUT2D eigenvalue weighted by molar-refractivity contribution is 0.344. The lowest BCUT2D eigenvalue weighted by Crippen LogP contribution is -2.26. The Hall–Kier alpha value is -0.0800. The minimum atomic E-state index is 0. The van der Waals surface area contributed by atoms with Crippen LogP contribution in [0.1, 0.15) is 32.6 Å². The van der Waals surface area contributed by atoms with Crippen LogP contribution in [0.2, 0.25) is 0 Å². The normalized spacial score (nSPS) is 35.3. The fourth-order valence-electron chi connectivity index (χ4n) is 1.48. The molecule has 2 heteroatoms. The Labute approximate surface area is 56.7 Å². The van der Waals surface area contributed by atoms with E-state index in [2.05, 4.69) is 6.92 Å². The van der Waals surface area contributed by atoms with Crippen LogP contribution in [0, 0.1) is 5.92 Å². The van der Waals surface area contributed by atoms with Crippen LogP contribution in [0.25, 0.3) is 0 Å². The molecule has 0 bridgehead atoms. The van der Waals surface area contributed by atoms with Gasteiger partial charge in [-0.1, -0.05) is 19.8 Å². The van der Waals surface area contributed by atoms with Crippen molar-refractivity contribution in [2.24, 2.45) is 11.7 Å². The van der Waals surface area contributed by atoms with Crippen molar-refractivity contribution < 1.29 is 5.48 Å². The summed E-state index contributed by atoms with van der Waals surface area (Å²) in [6, 6.07) is 0.513. The van der Waals surface area contributed by atoms with Crippen LogP contribution in [0.4, 0.5) is 0 Å². The summed E-state index contributed by atoms with van der Waals surface area (Å²) in [5.41, 5.74) is 5.73. The van der Waals surface area contributed by atoms with E-state index in [1.54, 1.807) is 0 Å². The molecule has 0 aromatic carbocycles. The molecule has 1 fully saturated rings. The molecule has 0 amide bonds. The second-order valence-corrected chi connectivity index (χ2v) is 3.03. The van der Waals surface area contributed by atoms with Crippen molar-refractivity contribution in [2.75, 3.05) is 0 Å². The molecule has 1 aliphatic carbocycles. The third kappa shape index (κ3) is 2.82. The van der Waals surface area contributed by atoms with Crippen LogP contribution in [-0.2, 0) is 0 Å².